The van der Waals surface area contributed by atoms with Crippen molar-refractivity contribution in [3.63, 3.8) is 0 Å². The third kappa shape index (κ3) is 2.42. The maximum Gasteiger partial charge on any atom is 0.259 e. The zero-order chi connectivity index (χ0) is 15.9. The zero-order valence-corrected chi connectivity index (χ0v) is 13.4. The molecular formula is C16H21N3O3. The summed E-state index contributed by atoms with van der Waals surface area (Å²) in [7, 11) is 0. The normalized spacial score (nSPS) is 18.4. The quantitative estimate of drug-likeness (QED) is 0.869. The Labute approximate surface area is 129 Å². The third-order valence-electron chi connectivity index (χ3n) is 4.23. The van der Waals surface area contributed by atoms with E-state index in [2.05, 4.69) is 24.2 Å². The van der Waals surface area contributed by atoms with E-state index in [0.29, 0.717) is 29.5 Å². The van der Waals surface area contributed by atoms with Gasteiger partial charge in [-0.1, -0.05) is 24.2 Å². The van der Waals surface area contributed by atoms with Gasteiger partial charge in [0.15, 0.2) is 5.76 Å². The number of aryl methyl sites for hydroxylation is 2. The molecule has 3 rings (SSSR count). The number of likely N-dealkylation sites (tertiary alicyclic amines) is 1. The lowest BCUT2D eigenvalue weighted by Gasteiger charge is -2.22. The van der Waals surface area contributed by atoms with E-state index in [1.165, 1.54) is 0 Å². The van der Waals surface area contributed by atoms with E-state index in [1.54, 1.807) is 13.8 Å². The van der Waals surface area contributed by atoms with E-state index in [4.69, 9.17) is 9.05 Å². The second-order valence-corrected chi connectivity index (χ2v) is 6.16. The largest absolute Gasteiger partial charge is 0.361 e. The summed E-state index contributed by atoms with van der Waals surface area (Å²) in [5, 5.41) is 7.98. The van der Waals surface area contributed by atoms with E-state index in [-0.39, 0.29) is 11.9 Å². The van der Waals surface area contributed by atoms with E-state index in [1.807, 2.05) is 11.0 Å². The average Bonchev–Trinajstić information content (AvgIpc) is 3.17. The van der Waals surface area contributed by atoms with Crippen LogP contribution in [0.15, 0.2) is 15.1 Å². The van der Waals surface area contributed by atoms with Crippen LogP contribution in [0.2, 0.25) is 0 Å². The van der Waals surface area contributed by atoms with Crippen molar-refractivity contribution in [2.45, 2.75) is 52.5 Å². The molecule has 0 unspecified atom stereocenters. The number of nitrogens with zero attached hydrogens (tertiary/aromatic N) is 3. The van der Waals surface area contributed by atoms with Crippen molar-refractivity contribution in [3.8, 4) is 0 Å². The molecule has 1 aliphatic heterocycles. The molecule has 0 aromatic carbocycles. The van der Waals surface area contributed by atoms with Crippen LogP contribution in [-0.4, -0.2) is 27.7 Å². The molecule has 0 saturated carbocycles. The Kier molecular flexibility index (Phi) is 3.76. The van der Waals surface area contributed by atoms with Gasteiger partial charge in [0.1, 0.15) is 11.3 Å². The fraction of sp³-hybridized carbons (Fsp3) is 0.562. The van der Waals surface area contributed by atoms with Gasteiger partial charge < -0.3 is 13.9 Å². The Morgan fingerprint density at radius 1 is 1.32 bits per heavy atom. The molecule has 6 nitrogen and oxygen atoms in total. The van der Waals surface area contributed by atoms with Gasteiger partial charge in [0.25, 0.3) is 5.91 Å². The predicted octanol–water partition coefficient (Wildman–Crippen LogP) is 3.38. The molecule has 6 heteroatoms. The summed E-state index contributed by atoms with van der Waals surface area (Å²) in [6.45, 7) is 8.42. The van der Waals surface area contributed by atoms with Crippen molar-refractivity contribution in [1.82, 2.24) is 15.2 Å². The van der Waals surface area contributed by atoms with Gasteiger partial charge in [-0.15, -0.1) is 0 Å². The number of carbonyl (C=O) groups is 1. The van der Waals surface area contributed by atoms with Crippen molar-refractivity contribution in [3.05, 3.63) is 34.5 Å². The Balaban J connectivity index is 1.88. The van der Waals surface area contributed by atoms with Crippen molar-refractivity contribution < 1.29 is 13.8 Å². The first-order chi connectivity index (χ1) is 10.5. The van der Waals surface area contributed by atoms with Crippen molar-refractivity contribution in [2.24, 2.45) is 0 Å². The molecule has 0 N–H and O–H groups in total. The zero-order valence-electron chi connectivity index (χ0n) is 13.4. The number of hydrogen-bond acceptors (Lipinski definition) is 5. The molecule has 1 fully saturated rings. The number of carbonyl (C=O) groups excluding carboxylic acids is 1. The summed E-state index contributed by atoms with van der Waals surface area (Å²) in [5.74, 6) is 1.60. The topological polar surface area (TPSA) is 72.4 Å². The van der Waals surface area contributed by atoms with Crippen LogP contribution in [0.1, 0.15) is 71.9 Å². The standard InChI is InChI=1S/C16H21N3O3/c1-9(2)12-8-14(22-18-12)13-6-5-7-19(13)16(20)15-10(3)17-21-11(15)4/h8-9,13H,5-7H2,1-4H3/t13-/m1/s1. The Hall–Kier alpha value is -2.11. The van der Waals surface area contributed by atoms with Gasteiger partial charge in [-0.3, -0.25) is 4.79 Å². The van der Waals surface area contributed by atoms with Crippen LogP contribution in [0.3, 0.4) is 0 Å². The van der Waals surface area contributed by atoms with E-state index >= 15 is 0 Å². The first-order valence-electron chi connectivity index (χ1n) is 7.69. The number of aromatic nitrogens is 2. The highest BCUT2D eigenvalue weighted by molar-refractivity contribution is 5.96. The number of amides is 1. The molecule has 0 radical (unpaired) electrons. The minimum Gasteiger partial charge on any atom is -0.361 e. The van der Waals surface area contributed by atoms with Gasteiger partial charge >= 0.3 is 0 Å². The smallest absolute Gasteiger partial charge is 0.259 e. The summed E-state index contributed by atoms with van der Waals surface area (Å²) in [6.07, 6.45) is 1.85. The molecule has 0 bridgehead atoms. The van der Waals surface area contributed by atoms with E-state index in [9.17, 15) is 4.79 Å². The fourth-order valence-electron chi connectivity index (χ4n) is 2.97. The van der Waals surface area contributed by atoms with Gasteiger partial charge in [0.05, 0.1) is 17.4 Å². The molecular weight excluding hydrogens is 282 g/mol. The highest BCUT2D eigenvalue weighted by Crippen LogP contribution is 2.35. The Morgan fingerprint density at radius 2 is 2.09 bits per heavy atom. The van der Waals surface area contributed by atoms with Crippen molar-refractivity contribution in [1.29, 1.82) is 0 Å². The lowest BCUT2D eigenvalue weighted by Crippen LogP contribution is -2.31. The van der Waals surface area contributed by atoms with Gasteiger partial charge in [-0.05, 0) is 32.6 Å². The highest BCUT2D eigenvalue weighted by atomic mass is 16.5. The summed E-state index contributed by atoms with van der Waals surface area (Å²) in [6, 6.07) is 1.91. The first-order valence-corrected chi connectivity index (χ1v) is 7.69. The molecule has 22 heavy (non-hydrogen) atoms. The first kappa shape index (κ1) is 14.8. The van der Waals surface area contributed by atoms with Gasteiger partial charge in [-0.2, -0.15) is 0 Å². The molecule has 0 aliphatic carbocycles. The van der Waals surface area contributed by atoms with Crippen molar-refractivity contribution in [2.75, 3.05) is 6.54 Å². The SMILES string of the molecule is Cc1noc(C)c1C(=O)N1CCC[C@@H]1c1cc(C(C)C)no1. The van der Waals surface area contributed by atoms with E-state index < -0.39 is 0 Å². The number of rotatable bonds is 3. The molecule has 1 saturated heterocycles. The van der Waals surface area contributed by atoms with Crippen LogP contribution in [0.5, 0.6) is 0 Å². The molecule has 3 heterocycles. The van der Waals surface area contributed by atoms with Gasteiger partial charge in [-0.25, -0.2) is 0 Å². The molecule has 0 spiro atoms. The fourth-order valence-corrected chi connectivity index (χ4v) is 2.97. The molecule has 118 valence electrons. The summed E-state index contributed by atoms with van der Waals surface area (Å²) in [4.78, 5) is 14.7. The summed E-state index contributed by atoms with van der Waals surface area (Å²) < 4.78 is 10.6. The van der Waals surface area contributed by atoms with Crippen LogP contribution < -0.4 is 0 Å². The van der Waals surface area contributed by atoms with Crippen LogP contribution in [0.4, 0.5) is 0 Å². The predicted molar refractivity (Wildman–Crippen MR) is 79.6 cm³/mol. The number of hydrogen-bond donors (Lipinski definition) is 0. The van der Waals surface area contributed by atoms with Crippen LogP contribution in [0.25, 0.3) is 0 Å². The molecule has 1 atom stereocenters. The van der Waals surface area contributed by atoms with E-state index in [0.717, 1.165) is 24.3 Å². The Bertz CT molecular complexity index is 667. The summed E-state index contributed by atoms with van der Waals surface area (Å²) in [5.41, 5.74) is 2.12. The Morgan fingerprint density at radius 3 is 2.68 bits per heavy atom. The average molecular weight is 303 g/mol. The third-order valence-corrected chi connectivity index (χ3v) is 4.23. The summed E-state index contributed by atoms with van der Waals surface area (Å²) >= 11 is 0. The van der Waals surface area contributed by atoms with Crippen LogP contribution in [0, 0.1) is 13.8 Å². The minimum absolute atomic E-state index is 0.0405. The monoisotopic (exact) mass is 303 g/mol. The van der Waals surface area contributed by atoms with Crippen LogP contribution >= 0.6 is 0 Å². The highest BCUT2D eigenvalue weighted by Gasteiger charge is 2.35. The van der Waals surface area contributed by atoms with Gasteiger partial charge in [0, 0.05) is 12.6 Å². The lowest BCUT2D eigenvalue weighted by atomic mass is 10.1. The lowest BCUT2D eigenvalue weighted by molar-refractivity contribution is 0.0712. The molecule has 1 amide bonds. The second kappa shape index (κ2) is 5.59. The second-order valence-electron chi connectivity index (χ2n) is 6.16. The molecule has 1 aliphatic rings. The maximum absolute atomic E-state index is 12.8. The van der Waals surface area contributed by atoms with Crippen molar-refractivity contribution >= 4 is 5.91 Å². The molecule has 2 aromatic heterocycles. The van der Waals surface area contributed by atoms with Crippen LogP contribution in [-0.2, 0) is 0 Å². The molecule has 2 aromatic rings. The maximum atomic E-state index is 12.8. The minimum atomic E-state index is -0.0544. The van der Waals surface area contributed by atoms with Gasteiger partial charge in [0.2, 0.25) is 0 Å².